The lowest BCUT2D eigenvalue weighted by molar-refractivity contribution is 0.0955. The van der Waals surface area contributed by atoms with E-state index in [2.05, 4.69) is 17.2 Å². The second kappa shape index (κ2) is 7.61. The lowest BCUT2D eigenvalue weighted by atomic mass is 10.1. The van der Waals surface area contributed by atoms with E-state index in [-0.39, 0.29) is 5.91 Å². The monoisotopic (exact) mass is 312 g/mol. The third kappa shape index (κ3) is 4.31. The number of nitrogens with one attached hydrogen (secondary N) is 1. The minimum atomic E-state index is -0.125. The molecule has 1 aliphatic rings. The molecule has 1 atom stereocenters. The van der Waals surface area contributed by atoms with Crippen LogP contribution in [0.3, 0.4) is 0 Å². The average Bonchev–Trinajstić information content (AvgIpc) is 3.08. The summed E-state index contributed by atoms with van der Waals surface area (Å²) >= 11 is 1.35. The van der Waals surface area contributed by atoms with Crippen molar-refractivity contribution in [2.45, 2.75) is 26.2 Å². The maximum absolute atomic E-state index is 12.2. The van der Waals surface area contributed by atoms with Gasteiger partial charge in [-0.15, -0.1) is 0 Å². The molecule has 0 spiro atoms. The smallest absolute Gasteiger partial charge is 0.265 e. The molecule has 1 saturated heterocycles. The van der Waals surface area contributed by atoms with E-state index in [1.165, 1.54) is 11.3 Å². The molecule has 118 valence electrons. The molecule has 1 aromatic heterocycles. The van der Waals surface area contributed by atoms with Crippen LogP contribution in [0.25, 0.3) is 0 Å². The van der Waals surface area contributed by atoms with Crippen molar-refractivity contribution < 1.29 is 9.53 Å². The third-order valence-electron chi connectivity index (χ3n) is 3.60. The molecule has 2 rings (SSSR count). The van der Waals surface area contributed by atoms with Crippen LogP contribution in [0.4, 0.5) is 10.9 Å². The molecule has 0 aliphatic carbocycles. The van der Waals surface area contributed by atoms with Crippen LogP contribution in [-0.4, -0.2) is 44.2 Å². The maximum Gasteiger partial charge on any atom is 0.265 e. The third-order valence-corrected chi connectivity index (χ3v) is 4.78. The number of carbonyl (C=O) groups excluding carboxylic acids is 1. The summed E-state index contributed by atoms with van der Waals surface area (Å²) in [4.78, 5) is 19.0. The van der Waals surface area contributed by atoms with Crippen LogP contribution in [0.15, 0.2) is 0 Å². The van der Waals surface area contributed by atoms with E-state index in [0.29, 0.717) is 23.2 Å². The fraction of sp³-hybridized carbons (Fsp3) is 0.714. The van der Waals surface area contributed by atoms with Gasteiger partial charge in [-0.2, -0.15) is 0 Å². The molecule has 0 saturated carbocycles. The number of hydrogen-bond donors (Lipinski definition) is 2. The van der Waals surface area contributed by atoms with Crippen LogP contribution in [0.5, 0.6) is 0 Å². The van der Waals surface area contributed by atoms with Gasteiger partial charge >= 0.3 is 0 Å². The molecule has 1 unspecified atom stereocenters. The van der Waals surface area contributed by atoms with Crippen molar-refractivity contribution in [2.24, 2.45) is 5.92 Å². The summed E-state index contributed by atoms with van der Waals surface area (Å²) in [6.07, 6.45) is 3.07. The summed E-state index contributed by atoms with van der Waals surface area (Å²) in [6, 6.07) is 0. The first-order chi connectivity index (χ1) is 10.1. The summed E-state index contributed by atoms with van der Waals surface area (Å²) in [5.41, 5.74) is 5.86. The summed E-state index contributed by atoms with van der Waals surface area (Å²) in [5, 5.41) is 3.72. The highest BCUT2D eigenvalue weighted by molar-refractivity contribution is 7.18. The van der Waals surface area contributed by atoms with E-state index >= 15 is 0 Å². The van der Waals surface area contributed by atoms with Gasteiger partial charge in [0.1, 0.15) is 10.7 Å². The van der Waals surface area contributed by atoms with E-state index in [1.54, 1.807) is 0 Å². The Hall–Kier alpha value is -1.34. The zero-order valence-electron chi connectivity index (χ0n) is 12.7. The Morgan fingerprint density at radius 3 is 3.10 bits per heavy atom. The van der Waals surface area contributed by atoms with Crippen LogP contribution in [-0.2, 0) is 4.74 Å². The van der Waals surface area contributed by atoms with Crippen LogP contribution >= 0.6 is 11.3 Å². The van der Waals surface area contributed by atoms with Gasteiger partial charge in [-0.05, 0) is 25.2 Å². The van der Waals surface area contributed by atoms with Gasteiger partial charge < -0.3 is 20.7 Å². The Bertz CT molecular complexity index is 472. The van der Waals surface area contributed by atoms with E-state index in [1.807, 2.05) is 11.9 Å². The quantitative estimate of drug-likeness (QED) is 0.801. The average molecular weight is 312 g/mol. The van der Waals surface area contributed by atoms with E-state index in [0.717, 1.165) is 44.2 Å². The number of ether oxygens (including phenoxy) is 1. The highest BCUT2D eigenvalue weighted by Crippen LogP contribution is 2.27. The second-order valence-electron chi connectivity index (χ2n) is 5.41. The highest BCUT2D eigenvalue weighted by atomic mass is 32.1. The standard InChI is InChI=1S/C14H24N4O2S/c1-3-7-18(2)14-17-12(15)11(21-14)13(19)16-6-4-10-5-8-20-9-10/h10H,3-9,15H2,1-2H3,(H,16,19). The van der Waals surface area contributed by atoms with Gasteiger partial charge in [0.25, 0.3) is 5.91 Å². The molecule has 0 aromatic carbocycles. The van der Waals surface area contributed by atoms with Crippen LogP contribution < -0.4 is 16.0 Å². The number of nitrogen functional groups attached to an aromatic ring is 1. The summed E-state index contributed by atoms with van der Waals surface area (Å²) < 4.78 is 5.32. The maximum atomic E-state index is 12.2. The Morgan fingerprint density at radius 2 is 2.43 bits per heavy atom. The van der Waals surface area contributed by atoms with Gasteiger partial charge in [-0.25, -0.2) is 4.98 Å². The van der Waals surface area contributed by atoms with Crippen LogP contribution in [0.2, 0.25) is 0 Å². The van der Waals surface area contributed by atoms with Gasteiger partial charge in [0.05, 0.1) is 0 Å². The Morgan fingerprint density at radius 1 is 1.62 bits per heavy atom. The SMILES string of the molecule is CCCN(C)c1nc(N)c(C(=O)NCCC2CCOC2)s1. The predicted molar refractivity (Wildman–Crippen MR) is 86.0 cm³/mol. The second-order valence-corrected chi connectivity index (χ2v) is 6.38. The van der Waals surface area contributed by atoms with Gasteiger partial charge in [0.2, 0.25) is 0 Å². The first kappa shape index (κ1) is 16.0. The number of nitrogens with zero attached hydrogens (tertiary/aromatic N) is 2. The van der Waals surface area contributed by atoms with Crippen LogP contribution in [0.1, 0.15) is 35.9 Å². The number of carbonyl (C=O) groups is 1. The molecular weight excluding hydrogens is 288 g/mol. The number of hydrogen-bond acceptors (Lipinski definition) is 6. The molecule has 21 heavy (non-hydrogen) atoms. The molecule has 7 heteroatoms. The van der Waals surface area contributed by atoms with Crippen molar-refractivity contribution in [3.63, 3.8) is 0 Å². The topological polar surface area (TPSA) is 80.5 Å². The van der Waals surface area contributed by atoms with Crippen molar-refractivity contribution in [1.82, 2.24) is 10.3 Å². The van der Waals surface area contributed by atoms with Gasteiger partial charge in [-0.3, -0.25) is 4.79 Å². The molecule has 0 radical (unpaired) electrons. The Balaban J connectivity index is 1.86. The number of aromatic nitrogens is 1. The lowest BCUT2D eigenvalue weighted by Crippen LogP contribution is -2.26. The zero-order chi connectivity index (χ0) is 15.2. The number of rotatable bonds is 7. The molecule has 0 bridgehead atoms. The van der Waals surface area contributed by atoms with Crippen molar-refractivity contribution in [1.29, 1.82) is 0 Å². The van der Waals surface area contributed by atoms with Gasteiger partial charge in [0.15, 0.2) is 5.13 Å². The van der Waals surface area contributed by atoms with Gasteiger partial charge in [0, 0.05) is 33.4 Å². The van der Waals surface area contributed by atoms with E-state index in [4.69, 9.17) is 10.5 Å². The number of nitrogens with two attached hydrogens (primary N) is 1. The Labute approximate surface area is 129 Å². The molecule has 1 fully saturated rings. The summed E-state index contributed by atoms with van der Waals surface area (Å²) in [6.45, 7) is 5.31. The zero-order valence-corrected chi connectivity index (χ0v) is 13.5. The molecule has 6 nitrogen and oxygen atoms in total. The number of thiazole rings is 1. The van der Waals surface area contributed by atoms with Crippen LogP contribution in [0, 0.1) is 5.92 Å². The minimum absolute atomic E-state index is 0.125. The molecule has 1 aliphatic heterocycles. The van der Waals surface area contributed by atoms with Crippen molar-refractivity contribution in [3.05, 3.63) is 4.88 Å². The van der Waals surface area contributed by atoms with Crippen molar-refractivity contribution >= 4 is 28.2 Å². The molecule has 3 N–H and O–H groups in total. The summed E-state index contributed by atoms with van der Waals surface area (Å²) in [7, 11) is 1.96. The predicted octanol–water partition coefficient (Wildman–Crippen LogP) is 1.73. The fourth-order valence-corrected chi connectivity index (χ4v) is 3.25. The van der Waals surface area contributed by atoms with Crippen molar-refractivity contribution in [2.75, 3.05) is 44.0 Å². The fourth-order valence-electron chi connectivity index (χ4n) is 2.36. The normalized spacial score (nSPS) is 17.9. The first-order valence-corrected chi connectivity index (χ1v) is 8.26. The first-order valence-electron chi connectivity index (χ1n) is 7.45. The number of anilines is 2. The largest absolute Gasteiger partial charge is 0.382 e. The molecule has 2 heterocycles. The lowest BCUT2D eigenvalue weighted by Gasteiger charge is -2.13. The minimum Gasteiger partial charge on any atom is -0.382 e. The van der Waals surface area contributed by atoms with Crippen molar-refractivity contribution in [3.8, 4) is 0 Å². The van der Waals surface area contributed by atoms with E-state index in [9.17, 15) is 4.79 Å². The van der Waals surface area contributed by atoms with Gasteiger partial charge in [-0.1, -0.05) is 18.3 Å². The Kier molecular flexibility index (Phi) is 5.81. The molecular formula is C14H24N4O2S. The number of amides is 1. The highest BCUT2D eigenvalue weighted by Gasteiger charge is 2.19. The van der Waals surface area contributed by atoms with E-state index < -0.39 is 0 Å². The summed E-state index contributed by atoms with van der Waals surface area (Å²) in [5.74, 6) is 0.759. The molecule has 1 amide bonds. The molecule has 1 aromatic rings.